The standard InChI is InChI=1S/C50H44N8O/c51-30-8-7-13-37(53)50(59)54-36-20-16-34(17-21-36)49-44-27-25-41(57-44)47(32-11-5-2-6-12-32)39-23-22-38(55-39)46(31-9-3-1-4-10-31)40-24-26-42(56-40)48(43-28-29-45(49)58-43)33-14-18-35(52)19-15-33/h1-6,9-12,14-29,37,56-57H,7-8,13,30,51-53H2,(H,54,59)/t37-/m0/s1. The van der Waals surface area contributed by atoms with Gasteiger partial charge in [-0.05, 0) is 114 Å². The lowest BCUT2D eigenvalue weighted by molar-refractivity contribution is -0.117. The second-order valence-electron chi connectivity index (χ2n) is 14.8. The molecule has 7 aromatic rings. The minimum Gasteiger partial charge on any atom is -0.399 e. The molecule has 2 aliphatic heterocycles. The first-order valence-corrected chi connectivity index (χ1v) is 19.9. The van der Waals surface area contributed by atoms with Crippen LogP contribution in [0.1, 0.15) is 42.0 Å². The van der Waals surface area contributed by atoms with Gasteiger partial charge in [0.25, 0.3) is 0 Å². The molecule has 9 nitrogen and oxygen atoms in total. The molecule has 9 heteroatoms. The SMILES string of the molecule is NCCCC[C@H](N)C(=O)Nc1ccc(-c2c3nc(c(-c4ccc(N)cc4)c4ccc([nH]4)c(-c4ccccc4)c4nc(c(-c5ccccc5)c5ccc2[nH]5)C=C4)C=C3)cc1. The number of fused-ring (bicyclic) bond motifs is 8. The molecule has 9 N–H and O–H groups in total. The lowest BCUT2D eigenvalue weighted by atomic mass is 10.0. The van der Waals surface area contributed by atoms with Crippen LogP contribution in [0.4, 0.5) is 11.4 Å². The molecule has 0 aliphatic carbocycles. The maximum Gasteiger partial charge on any atom is 0.241 e. The van der Waals surface area contributed by atoms with Crippen LogP contribution in [0, 0.1) is 0 Å². The molecule has 1 amide bonds. The van der Waals surface area contributed by atoms with Crippen LogP contribution in [0.5, 0.6) is 0 Å². The molecule has 4 aromatic carbocycles. The Balaban J connectivity index is 1.31. The molecule has 8 bridgehead atoms. The molecular weight excluding hydrogens is 729 g/mol. The maximum absolute atomic E-state index is 13.0. The largest absolute Gasteiger partial charge is 0.399 e. The highest BCUT2D eigenvalue weighted by Gasteiger charge is 2.19. The maximum atomic E-state index is 13.0. The van der Waals surface area contributed by atoms with Crippen molar-refractivity contribution in [3.8, 4) is 44.5 Å². The highest BCUT2D eigenvalue weighted by atomic mass is 16.2. The highest BCUT2D eigenvalue weighted by Crippen LogP contribution is 2.38. The van der Waals surface area contributed by atoms with Crippen molar-refractivity contribution in [2.24, 2.45) is 11.5 Å². The fourth-order valence-electron chi connectivity index (χ4n) is 7.87. The van der Waals surface area contributed by atoms with E-state index in [1.807, 2.05) is 72.8 Å². The summed E-state index contributed by atoms with van der Waals surface area (Å²) in [6.07, 6.45) is 10.5. The Morgan fingerprint density at radius 2 is 0.915 bits per heavy atom. The number of nitrogens with zero attached hydrogens (tertiary/aromatic N) is 2. The van der Waals surface area contributed by atoms with Crippen molar-refractivity contribution in [1.29, 1.82) is 0 Å². The number of nitrogen functional groups attached to an aromatic ring is 1. The summed E-state index contributed by atoms with van der Waals surface area (Å²) >= 11 is 0. The molecule has 0 spiro atoms. The first kappa shape index (κ1) is 37.3. The predicted molar refractivity (Wildman–Crippen MR) is 245 cm³/mol. The quantitative estimate of drug-likeness (QED) is 0.0598. The number of hydrogen-bond acceptors (Lipinski definition) is 6. The number of nitrogens with one attached hydrogen (secondary N) is 3. The number of carbonyl (C=O) groups is 1. The summed E-state index contributed by atoms with van der Waals surface area (Å²) in [6, 6.07) is 44.3. The third-order valence-electron chi connectivity index (χ3n) is 10.8. The molecule has 0 radical (unpaired) electrons. The van der Waals surface area contributed by atoms with Crippen LogP contribution >= 0.6 is 0 Å². The van der Waals surface area contributed by atoms with Crippen molar-refractivity contribution in [3.63, 3.8) is 0 Å². The zero-order valence-electron chi connectivity index (χ0n) is 32.5. The molecule has 59 heavy (non-hydrogen) atoms. The minimum atomic E-state index is -0.610. The molecule has 0 saturated carbocycles. The van der Waals surface area contributed by atoms with Gasteiger partial charge in [0.1, 0.15) is 0 Å². The molecule has 0 fully saturated rings. The van der Waals surface area contributed by atoms with Crippen molar-refractivity contribution < 1.29 is 4.79 Å². The van der Waals surface area contributed by atoms with Crippen LogP contribution in [0.3, 0.4) is 0 Å². The monoisotopic (exact) mass is 772 g/mol. The number of aromatic nitrogens is 4. The Bertz CT molecular complexity index is 2890. The Morgan fingerprint density at radius 3 is 1.32 bits per heavy atom. The fourth-order valence-corrected chi connectivity index (χ4v) is 7.87. The first-order chi connectivity index (χ1) is 28.9. The molecular formula is C50H44N8O. The van der Waals surface area contributed by atoms with E-state index < -0.39 is 6.04 Å². The van der Waals surface area contributed by atoms with Gasteiger partial charge in [0.05, 0.1) is 28.8 Å². The van der Waals surface area contributed by atoms with E-state index in [1.54, 1.807) is 0 Å². The third kappa shape index (κ3) is 7.60. The van der Waals surface area contributed by atoms with Gasteiger partial charge in [0, 0.05) is 55.7 Å². The summed E-state index contributed by atoms with van der Waals surface area (Å²) in [5.74, 6) is -0.219. The number of unbranched alkanes of at least 4 members (excludes halogenated alkanes) is 1. The number of hydrogen-bond donors (Lipinski definition) is 6. The number of nitrogens with two attached hydrogens (primary N) is 3. The second-order valence-corrected chi connectivity index (χ2v) is 14.8. The number of aromatic amines is 2. The van der Waals surface area contributed by atoms with Gasteiger partial charge in [-0.15, -0.1) is 0 Å². The lowest BCUT2D eigenvalue weighted by Gasteiger charge is -2.12. The Morgan fingerprint density at radius 1 is 0.525 bits per heavy atom. The molecule has 2 aliphatic rings. The molecule has 0 saturated heterocycles. The summed E-state index contributed by atoms with van der Waals surface area (Å²) < 4.78 is 0. The molecule has 1 atom stereocenters. The Labute approximate surface area is 342 Å². The van der Waals surface area contributed by atoms with E-state index in [9.17, 15) is 4.79 Å². The van der Waals surface area contributed by atoms with Crippen molar-refractivity contribution in [1.82, 2.24) is 19.9 Å². The Hall–Kier alpha value is -7.33. The first-order valence-electron chi connectivity index (χ1n) is 19.9. The lowest BCUT2D eigenvalue weighted by Crippen LogP contribution is -2.35. The van der Waals surface area contributed by atoms with Gasteiger partial charge in [-0.2, -0.15) is 0 Å². The third-order valence-corrected chi connectivity index (χ3v) is 10.8. The number of H-pyrrole nitrogens is 2. The molecule has 9 rings (SSSR count). The normalized spacial score (nSPS) is 12.4. The van der Waals surface area contributed by atoms with Crippen molar-refractivity contribution in [3.05, 3.63) is 156 Å². The van der Waals surface area contributed by atoms with E-state index in [-0.39, 0.29) is 5.91 Å². The molecule has 290 valence electrons. The van der Waals surface area contributed by atoms with Gasteiger partial charge in [0.2, 0.25) is 5.91 Å². The van der Waals surface area contributed by atoms with Gasteiger partial charge < -0.3 is 32.5 Å². The van der Waals surface area contributed by atoms with E-state index in [0.717, 1.165) is 102 Å². The summed E-state index contributed by atoms with van der Waals surface area (Å²) in [6.45, 7) is 0.579. The van der Waals surface area contributed by atoms with E-state index >= 15 is 0 Å². The minimum absolute atomic E-state index is 0.219. The van der Waals surface area contributed by atoms with E-state index in [2.05, 4.69) is 100 Å². The predicted octanol–water partition coefficient (Wildman–Crippen LogP) is 10.3. The average molecular weight is 773 g/mol. The van der Waals surface area contributed by atoms with Crippen LogP contribution in [-0.4, -0.2) is 38.4 Å². The number of anilines is 2. The van der Waals surface area contributed by atoms with Crippen LogP contribution in [0.25, 0.3) is 90.9 Å². The summed E-state index contributed by atoms with van der Waals surface area (Å²) in [5.41, 5.74) is 34.1. The van der Waals surface area contributed by atoms with E-state index in [1.165, 1.54) is 0 Å². The highest BCUT2D eigenvalue weighted by molar-refractivity contribution is 6.00. The van der Waals surface area contributed by atoms with Crippen LogP contribution in [0.15, 0.2) is 133 Å². The zero-order chi connectivity index (χ0) is 40.3. The van der Waals surface area contributed by atoms with E-state index in [0.29, 0.717) is 24.3 Å². The van der Waals surface area contributed by atoms with Gasteiger partial charge >= 0.3 is 0 Å². The van der Waals surface area contributed by atoms with Crippen molar-refractivity contribution in [2.75, 3.05) is 17.6 Å². The Kier molecular flexibility index (Phi) is 10.3. The molecule has 3 aromatic heterocycles. The summed E-state index contributed by atoms with van der Waals surface area (Å²) in [7, 11) is 0. The summed E-state index contributed by atoms with van der Waals surface area (Å²) in [4.78, 5) is 31.3. The van der Waals surface area contributed by atoms with Gasteiger partial charge in [-0.1, -0.05) is 91.3 Å². The number of carbonyl (C=O) groups excluding carboxylic acids is 1. The second kappa shape index (κ2) is 16.3. The summed E-state index contributed by atoms with van der Waals surface area (Å²) in [5, 5.41) is 2.99. The van der Waals surface area contributed by atoms with Gasteiger partial charge in [-0.3, -0.25) is 4.79 Å². The van der Waals surface area contributed by atoms with Gasteiger partial charge in [0.15, 0.2) is 0 Å². The average Bonchev–Trinajstić information content (AvgIpc) is 4.11. The number of rotatable bonds is 10. The fraction of sp³-hybridized carbons (Fsp3) is 0.100. The van der Waals surface area contributed by atoms with Crippen molar-refractivity contribution >= 4 is 63.7 Å². The van der Waals surface area contributed by atoms with Gasteiger partial charge in [-0.25, -0.2) is 9.97 Å². The number of benzene rings is 4. The number of amides is 1. The topological polar surface area (TPSA) is 165 Å². The molecule has 0 unspecified atom stereocenters. The smallest absolute Gasteiger partial charge is 0.241 e. The molecule has 5 heterocycles. The van der Waals surface area contributed by atoms with Crippen molar-refractivity contribution in [2.45, 2.75) is 25.3 Å². The van der Waals surface area contributed by atoms with E-state index in [4.69, 9.17) is 27.2 Å². The van der Waals surface area contributed by atoms with Crippen LogP contribution in [-0.2, 0) is 4.79 Å². The zero-order valence-corrected chi connectivity index (χ0v) is 32.5. The van der Waals surface area contributed by atoms with Crippen LogP contribution in [0.2, 0.25) is 0 Å². The van der Waals surface area contributed by atoms with Crippen LogP contribution < -0.4 is 22.5 Å².